The van der Waals surface area contributed by atoms with Crippen molar-refractivity contribution in [3.05, 3.63) is 29.6 Å². The molecule has 19 heavy (non-hydrogen) atoms. The number of ether oxygens (including phenoxy) is 2. The quantitative estimate of drug-likeness (QED) is 0.565. The number of rotatable bonds is 7. The smallest absolute Gasteiger partial charge is 0.234 e. The molecule has 0 aliphatic rings. The number of hydrogen-bond donors (Lipinski definition) is 0. The number of benzene rings is 1. The largest absolute Gasteiger partial charge is 0.488 e. The van der Waals surface area contributed by atoms with Crippen molar-refractivity contribution in [1.82, 2.24) is 0 Å². The van der Waals surface area contributed by atoms with Gasteiger partial charge >= 0.3 is 0 Å². The van der Waals surface area contributed by atoms with Gasteiger partial charge in [0.1, 0.15) is 6.61 Å². The maximum atomic E-state index is 13.4. The van der Waals surface area contributed by atoms with Crippen molar-refractivity contribution in [2.45, 2.75) is 0 Å². The molecule has 0 bridgehead atoms. The van der Waals surface area contributed by atoms with E-state index in [9.17, 15) is 12.8 Å². The molecule has 0 unspecified atom stereocenters. The van der Waals surface area contributed by atoms with E-state index < -0.39 is 14.9 Å². The lowest BCUT2D eigenvalue weighted by Gasteiger charge is -2.07. The van der Waals surface area contributed by atoms with E-state index in [4.69, 9.17) is 25.4 Å². The molecular weight excluding hydrogens is 297 g/mol. The third kappa shape index (κ3) is 6.38. The highest BCUT2D eigenvalue weighted by Crippen LogP contribution is 2.17. The van der Waals surface area contributed by atoms with Crippen LogP contribution in [0.1, 0.15) is 5.56 Å². The summed E-state index contributed by atoms with van der Waals surface area (Å²) in [5, 5.41) is 8.55. The summed E-state index contributed by atoms with van der Waals surface area (Å²) in [6.07, 6.45) is 0. The van der Waals surface area contributed by atoms with Crippen molar-refractivity contribution in [2.75, 3.05) is 25.6 Å². The van der Waals surface area contributed by atoms with Crippen molar-refractivity contribution in [1.29, 1.82) is 5.26 Å². The van der Waals surface area contributed by atoms with Crippen LogP contribution in [0.15, 0.2) is 18.2 Å². The van der Waals surface area contributed by atoms with Gasteiger partial charge in [0, 0.05) is 10.7 Å². The summed E-state index contributed by atoms with van der Waals surface area (Å²) in [7, 11) is 1.41. The Hall–Kier alpha value is -1.36. The zero-order chi connectivity index (χ0) is 14.3. The Morgan fingerprint density at radius 1 is 1.32 bits per heavy atom. The van der Waals surface area contributed by atoms with E-state index in [2.05, 4.69) is 0 Å². The van der Waals surface area contributed by atoms with Crippen molar-refractivity contribution in [2.24, 2.45) is 0 Å². The summed E-state index contributed by atoms with van der Waals surface area (Å²) in [6, 6.07) is 5.64. The first-order valence-electron chi connectivity index (χ1n) is 5.25. The third-order valence-corrected chi connectivity index (χ3v) is 3.13. The Bertz CT molecular complexity index is 571. The van der Waals surface area contributed by atoms with Gasteiger partial charge in [0.25, 0.3) is 0 Å². The lowest BCUT2D eigenvalue weighted by Crippen LogP contribution is -2.12. The van der Waals surface area contributed by atoms with Crippen molar-refractivity contribution < 1.29 is 22.3 Å². The number of halogens is 2. The van der Waals surface area contributed by atoms with Gasteiger partial charge < -0.3 is 9.47 Å². The van der Waals surface area contributed by atoms with Gasteiger partial charge in [-0.25, -0.2) is 12.8 Å². The molecular formula is C11H11ClFNO4S. The minimum absolute atomic E-state index is 0.00700. The summed E-state index contributed by atoms with van der Waals surface area (Å²) in [4.78, 5) is 0. The molecule has 104 valence electrons. The Balaban J connectivity index is 2.29. The van der Waals surface area contributed by atoms with Crippen LogP contribution < -0.4 is 4.74 Å². The molecule has 0 aliphatic heterocycles. The number of nitriles is 1. The van der Waals surface area contributed by atoms with E-state index in [0.717, 1.165) is 6.07 Å². The van der Waals surface area contributed by atoms with Gasteiger partial charge in [-0.2, -0.15) is 5.26 Å². The Morgan fingerprint density at radius 3 is 2.63 bits per heavy atom. The van der Waals surface area contributed by atoms with E-state index in [1.807, 2.05) is 0 Å². The normalized spacial score (nSPS) is 11.0. The standard InChI is InChI=1S/C11H11ClFNO4S/c12-19(15,16)6-5-17-3-4-18-11-2-1-9(8-14)7-10(11)13/h1-2,7H,3-6H2. The third-order valence-electron chi connectivity index (χ3n) is 2.02. The predicted octanol–water partition coefficient (Wildman–Crippen LogP) is 1.66. The predicted molar refractivity (Wildman–Crippen MR) is 67.1 cm³/mol. The van der Waals surface area contributed by atoms with E-state index in [1.165, 1.54) is 12.1 Å². The lowest BCUT2D eigenvalue weighted by atomic mass is 10.2. The van der Waals surface area contributed by atoms with E-state index in [-0.39, 0.29) is 36.9 Å². The van der Waals surface area contributed by atoms with Crippen LogP contribution in [0.5, 0.6) is 5.75 Å². The summed E-state index contributed by atoms with van der Waals surface area (Å²) in [5.74, 6) is -0.922. The van der Waals surface area contributed by atoms with Crippen LogP contribution in [0, 0.1) is 17.1 Å². The molecule has 0 N–H and O–H groups in total. The minimum Gasteiger partial charge on any atom is -0.488 e. The highest BCUT2D eigenvalue weighted by atomic mass is 35.7. The first-order chi connectivity index (χ1) is 8.92. The average Bonchev–Trinajstić information content (AvgIpc) is 2.33. The Kier molecular flexibility index (Phi) is 6.02. The van der Waals surface area contributed by atoms with Crippen molar-refractivity contribution in [3.63, 3.8) is 0 Å². The summed E-state index contributed by atoms with van der Waals surface area (Å²) in [5.41, 5.74) is 0.202. The molecule has 0 saturated carbocycles. The van der Waals surface area contributed by atoms with Gasteiger partial charge in [0.05, 0.1) is 30.6 Å². The molecule has 0 aliphatic carbocycles. The molecule has 1 aromatic carbocycles. The van der Waals surface area contributed by atoms with Gasteiger partial charge in [0.2, 0.25) is 9.05 Å². The first kappa shape index (κ1) is 15.7. The molecule has 0 radical (unpaired) electrons. The van der Waals surface area contributed by atoms with Crippen LogP contribution in [0.3, 0.4) is 0 Å². The Morgan fingerprint density at radius 2 is 2.05 bits per heavy atom. The average molecular weight is 308 g/mol. The van der Waals surface area contributed by atoms with E-state index in [0.29, 0.717) is 0 Å². The SMILES string of the molecule is N#Cc1ccc(OCCOCCS(=O)(=O)Cl)c(F)c1. The topological polar surface area (TPSA) is 76.4 Å². The van der Waals surface area contributed by atoms with Gasteiger partial charge in [-0.05, 0) is 18.2 Å². The van der Waals surface area contributed by atoms with Crippen LogP contribution in [0.2, 0.25) is 0 Å². The summed E-state index contributed by atoms with van der Waals surface area (Å²) in [6.45, 7) is 0.113. The van der Waals surface area contributed by atoms with Crippen molar-refractivity contribution >= 4 is 19.7 Å². The molecule has 0 heterocycles. The van der Waals surface area contributed by atoms with Gasteiger partial charge in [-0.15, -0.1) is 0 Å². The highest BCUT2D eigenvalue weighted by Gasteiger charge is 2.06. The number of nitrogens with zero attached hydrogens (tertiary/aromatic N) is 1. The van der Waals surface area contributed by atoms with Crippen LogP contribution in [-0.4, -0.2) is 34.0 Å². The summed E-state index contributed by atoms with van der Waals surface area (Å²) >= 11 is 0. The summed E-state index contributed by atoms with van der Waals surface area (Å²) < 4.78 is 44.5. The van der Waals surface area contributed by atoms with Crippen LogP contribution in [-0.2, 0) is 13.8 Å². The van der Waals surface area contributed by atoms with E-state index in [1.54, 1.807) is 6.07 Å². The van der Waals surface area contributed by atoms with Gasteiger partial charge in [-0.1, -0.05) is 0 Å². The molecule has 1 rings (SSSR count). The zero-order valence-electron chi connectivity index (χ0n) is 9.80. The van der Waals surface area contributed by atoms with Gasteiger partial charge in [-0.3, -0.25) is 0 Å². The maximum Gasteiger partial charge on any atom is 0.234 e. The van der Waals surface area contributed by atoms with Crippen LogP contribution >= 0.6 is 10.7 Å². The fourth-order valence-corrected chi connectivity index (χ4v) is 1.66. The molecule has 5 nitrogen and oxygen atoms in total. The molecule has 0 fully saturated rings. The van der Waals surface area contributed by atoms with Crippen molar-refractivity contribution in [3.8, 4) is 11.8 Å². The molecule has 0 spiro atoms. The molecule has 8 heteroatoms. The van der Waals surface area contributed by atoms with Crippen LogP contribution in [0.25, 0.3) is 0 Å². The second-order valence-electron chi connectivity index (χ2n) is 3.46. The molecule has 0 saturated heterocycles. The zero-order valence-corrected chi connectivity index (χ0v) is 11.4. The fourth-order valence-electron chi connectivity index (χ4n) is 1.16. The first-order valence-corrected chi connectivity index (χ1v) is 7.73. The van der Waals surface area contributed by atoms with Gasteiger partial charge in [0.15, 0.2) is 11.6 Å². The maximum absolute atomic E-state index is 13.4. The monoisotopic (exact) mass is 307 g/mol. The molecule has 0 atom stereocenters. The fraction of sp³-hybridized carbons (Fsp3) is 0.364. The second kappa shape index (κ2) is 7.28. The molecule has 1 aromatic rings. The minimum atomic E-state index is -3.56. The lowest BCUT2D eigenvalue weighted by molar-refractivity contribution is 0.110. The number of hydrogen-bond acceptors (Lipinski definition) is 5. The highest BCUT2D eigenvalue weighted by molar-refractivity contribution is 8.13. The molecule has 0 aromatic heterocycles. The Labute approximate surface area is 114 Å². The van der Waals surface area contributed by atoms with E-state index >= 15 is 0 Å². The second-order valence-corrected chi connectivity index (χ2v) is 6.36. The molecule has 0 amide bonds. The van der Waals surface area contributed by atoms with Crippen LogP contribution in [0.4, 0.5) is 4.39 Å².